The number of likely N-dealkylation sites (tertiary alicyclic amines) is 1. The van der Waals surface area contributed by atoms with Crippen molar-refractivity contribution in [2.24, 2.45) is 5.92 Å². The highest BCUT2D eigenvalue weighted by Gasteiger charge is 2.37. The van der Waals surface area contributed by atoms with Crippen molar-refractivity contribution in [2.75, 3.05) is 6.54 Å². The van der Waals surface area contributed by atoms with Crippen LogP contribution in [0, 0.1) is 5.92 Å². The molecule has 0 bridgehead atoms. The molecule has 1 aromatic carbocycles. The van der Waals surface area contributed by atoms with Gasteiger partial charge in [-0.2, -0.15) is 0 Å². The summed E-state index contributed by atoms with van der Waals surface area (Å²) in [6.07, 6.45) is 1.65. The van der Waals surface area contributed by atoms with Crippen LogP contribution in [0.5, 0.6) is 0 Å². The maximum atomic E-state index is 12.1. The Hall–Kier alpha value is -1.84. The predicted molar refractivity (Wildman–Crippen MR) is 71.5 cm³/mol. The number of carboxylic acids is 1. The van der Waals surface area contributed by atoms with Crippen molar-refractivity contribution in [2.45, 2.75) is 32.2 Å². The fourth-order valence-corrected chi connectivity index (χ4v) is 2.84. The van der Waals surface area contributed by atoms with Crippen molar-refractivity contribution >= 4 is 11.9 Å². The van der Waals surface area contributed by atoms with E-state index in [1.54, 1.807) is 4.90 Å². The molecule has 1 saturated heterocycles. The summed E-state index contributed by atoms with van der Waals surface area (Å²) in [5.41, 5.74) is 0.909. The average molecular weight is 261 g/mol. The number of rotatable bonds is 3. The van der Waals surface area contributed by atoms with E-state index >= 15 is 0 Å². The topological polar surface area (TPSA) is 57.6 Å². The number of benzene rings is 1. The molecule has 1 aliphatic rings. The van der Waals surface area contributed by atoms with Crippen LogP contribution < -0.4 is 0 Å². The van der Waals surface area contributed by atoms with E-state index < -0.39 is 11.9 Å². The Balaban J connectivity index is 2.44. The van der Waals surface area contributed by atoms with Crippen molar-refractivity contribution in [1.82, 2.24) is 4.90 Å². The smallest absolute Gasteiger partial charge is 0.308 e. The van der Waals surface area contributed by atoms with Gasteiger partial charge in [0.1, 0.15) is 0 Å². The monoisotopic (exact) mass is 261 g/mol. The largest absolute Gasteiger partial charge is 0.481 e. The van der Waals surface area contributed by atoms with Gasteiger partial charge in [0.05, 0.1) is 12.0 Å². The van der Waals surface area contributed by atoms with Crippen LogP contribution in [-0.4, -0.2) is 28.4 Å². The SMILES string of the molecule is CCN1C(=O)CCCC(C(=O)O)C1c1ccccc1. The second kappa shape index (κ2) is 5.87. The Morgan fingerprint density at radius 3 is 2.63 bits per heavy atom. The van der Waals surface area contributed by atoms with Gasteiger partial charge < -0.3 is 10.0 Å². The summed E-state index contributed by atoms with van der Waals surface area (Å²) >= 11 is 0. The molecular weight excluding hydrogens is 242 g/mol. The van der Waals surface area contributed by atoms with Gasteiger partial charge in [-0.1, -0.05) is 30.3 Å². The summed E-state index contributed by atoms with van der Waals surface area (Å²) in [7, 11) is 0. The van der Waals surface area contributed by atoms with Gasteiger partial charge in [-0.25, -0.2) is 0 Å². The molecule has 4 nitrogen and oxygen atoms in total. The maximum absolute atomic E-state index is 12.1. The summed E-state index contributed by atoms with van der Waals surface area (Å²) < 4.78 is 0. The molecule has 2 atom stereocenters. The Bertz CT molecular complexity index is 456. The highest BCUT2D eigenvalue weighted by Crippen LogP contribution is 2.35. The first-order valence-corrected chi connectivity index (χ1v) is 6.72. The van der Waals surface area contributed by atoms with Crippen LogP contribution in [-0.2, 0) is 9.59 Å². The highest BCUT2D eigenvalue weighted by molar-refractivity contribution is 5.79. The molecule has 19 heavy (non-hydrogen) atoms. The number of carbonyl (C=O) groups is 2. The van der Waals surface area contributed by atoms with Gasteiger partial charge in [-0.05, 0) is 25.3 Å². The van der Waals surface area contributed by atoms with Gasteiger partial charge in [-0.3, -0.25) is 9.59 Å². The van der Waals surface area contributed by atoms with Crippen LogP contribution in [0.4, 0.5) is 0 Å². The number of nitrogens with zero attached hydrogens (tertiary/aromatic N) is 1. The third-order valence-corrected chi connectivity index (χ3v) is 3.74. The van der Waals surface area contributed by atoms with Crippen LogP contribution in [0.15, 0.2) is 30.3 Å². The third-order valence-electron chi connectivity index (χ3n) is 3.74. The first-order chi connectivity index (χ1) is 9.15. The van der Waals surface area contributed by atoms with Crippen LogP contribution in [0.3, 0.4) is 0 Å². The molecule has 0 radical (unpaired) electrons. The molecule has 2 rings (SSSR count). The highest BCUT2D eigenvalue weighted by atomic mass is 16.4. The zero-order valence-corrected chi connectivity index (χ0v) is 11.1. The predicted octanol–water partition coefficient (Wildman–Crippen LogP) is 2.46. The van der Waals surface area contributed by atoms with Crippen LogP contribution in [0.25, 0.3) is 0 Å². The standard InChI is InChI=1S/C15H19NO3/c1-2-16-13(17)10-6-9-12(15(18)19)14(16)11-7-4-3-5-8-11/h3-5,7-8,12,14H,2,6,9-10H2,1H3,(H,18,19). The molecule has 0 aromatic heterocycles. The fourth-order valence-electron chi connectivity index (χ4n) is 2.84. The number of carbonyl (C=O) groups excluding carboxylic acids is 1. The van der Waals surface area contributed by atoms with Crippen molar-refractivity contribution in [1.29, 1.82) is 0 Å². The molecule has 2 unspecified atom stereocenters. The Kier molecular flexibility index (Phi) is 4.20. The summed E-state index contributed by atoms with van der Waals surface area (Å²) in [6.45, 7) is 2.44. The molecule has 102 valence electrons. The van der Waals surface area contributed by atoms with E-state index in [9.17, 15) is 14.7 Å². The normalized spacial score (nSPS) is 24.1. The van der Waals surface area contributed by atoms with Gasteiger partial charge in [0.2, 0.25) is 5.91 Å². The summed E-state index contributed by atoms with van der Waals surface area (Å²) in [6, 6.07) is 9.13. The molecule has 1 aliphatic heterocycles. The van der Waals surface area contributed by atoms with Gasteiger partial charge >= 0.3 is 5.97 Å². The van der Waals surface area contributed by atoms with E-state index in [4.69, 9.17) is 0 Å². The zero-order valence-electron chi connectivity index (χ0n) is 11.1. The van der Waals surface area contributed by atoms with E-state index in [1.165, 1.54) is 0 Å². The molecular formula is C15H19NO3. The minimum atomic E-state index is -0.818. The fraction of sp³-hybridized carbons (Fsp3) is 0.467. The quantitative estimate of drug-likeness (QED) is 0.909. The minimum Gasteiger partial charge on any atom is -0.481 e. The lowest BCUT2D eigenvalue weighted by Crippen LogP contribution is -2.38. The Morgan fingerprint density at radius 2 is 2.05 bits per heavy atom. The molecule has 1 amide bonds. The molecule has 0 aliphatic carbocycles. The summed E-state index contributed by atoms with van der Waals surface area (Å²) in [5, 5.41) is 9.46. The van der Waals surface area contributed by atoms with Gasteiger partial charge in [0.25, 0.3) is 0 Å². The minimum absolute atomic E-state index is 0.0557. The second-order valence-electron chi connectivity index (χ2n) is 4.87. The average Bonchev–Trinajstić information content (AvgIpc) is 2.58. The van der Waals surface area contributed by atoms with Crippen LogP contribution in [0.2, 0.25) is 0 Å². The van der Waals surface area contributed by atoms with E-state index in [0.29, 0.717) is 25.8 Å². The maximum Gasteiger partial charge on any atom is 0.308 e. The molecule has 4 heteroatoms. The molecule has 0 spiro atoms. The van der Waals surface area contributed by atoms with Gasteiger partial charge in [0.15, 0.2) is 0 Å². The Morgan fingerprint density at radius 1 is 1.37 bits per heavy atom. The van der Waals surface area contributed by atoms with Crippen LogP contribution >= 0.6 is 0 Å². The molecule has 1 N–H and O–H groups in total. The lowest BCUT2D eigenvalue weighted by molar-refractivity contribution is -0.146. The van der Waals surface area contributed by atoms with E-state index in [-0.39, 0.29) is 11.9 Å². The van der Waals surface area contributed by atoms with Crippen molar-refractivity contribution in [3.63, 3.8) is 0 Å². The lowest BCUT2D eigenvalue weighted by atomic mass is 9.89. The van der Waals surface area contributed by atoms with E-state index in [0.717, 1.165) is 5.56 Å². The number of amides is 1. The second-order valence-corrected chi connectivity index (χ2v) is 4.87. The van der Waals surface area contributed by atoms with Crippen LogP contribution in [0.1, 0.15) is 37.8 Å². The molecule has 1 aromatic rings. The summed E-state index contributed by atoms with van der Waals surface area (Å²) in [5.74, 6) is -1.28. The first-order valence-electron chi connectivity index (χ1n) is 6.72. The first kappa shape index (κ1) is 13.6. The Labute approximate surface area is 113 Å². The van der Waals surface area contributed by atoms with E-state index in [1.807, 2.05) is 37.3 Å². The summed E-state index contributed by atoms with van der Waals surface area (Å²) in [4.78, 5) is 25.4. The number of carboxylic acid groups (broad SMARTS) is 1. The number of hydrogen-bond donors (Lipinski definition) is 1. The molecule has 1 heterocycles. The lowest BCUT2D eigenvalue weighted by Gasteiger charge is -2.33. The molecule has 0 saturated carbocycles. The van der Waals surface area contributed by atoms with Gasteiger partial charge in [0, 0.05) is 13.0 Å². The van der Waals surface area contributed by atoms with Crippen molar-refractivity contribution in [3.8, 4) is 0 Å². The number of hydrogen-bond acceptors (Lipinski definition) is 2. The third kappa shape index (κ3) is 2.78. The zero-order chi connectivity index (χ0) is 13.8. The van der Waals surface area contributed by atoms with Gasteiger partial charge in [-0.15, -0.1) is 0 Å². The molecule has 1 fully saturated rings. The number of aliphatic carboxylic acids is 1. The van der Waals surface area contributed by atoms with Crippen molar-refractivity contribution < 1.29 is 14.7 Å². The van der Waals surface area contributed by atoms with Crippen molar-refractivity contribution in [3.05, 3.63) is 35.9 Å². The van der Waals surface area contributed by atoms with E-state index in [2.05, 4.69) is 0 Å².